The number of hydrazone groups is 2. The first-order chi connectivity index (χ1) is 21.9. The average Bonchev–Trinajstić information content (AvgIpc) is 3.02. The molecule has 4 aromatic carbocycles. The molecule has 46 heavy (non-hydrogen) atoms. The third kappa shape index (κ3) is 9.15. The van der Waals surface area contributed by atoms with Gasteiger partial charge in [-0.15, -0.1) is 0 Å². The van der Waals surface area contributed by atoms with Crippen molar-refractivity contribution in [2.75, 3.05) is 10.6 Å². The zero-order valence-corrected chi connectivity index (χ0v) is 27.1. The van der Waals surface area contributed by atoms with Crippen LogP contribution in [0, 0.1) is 0 Å². The third-order valence-electron chi connectivity index (χ3n) is 6.33. The molecule has 0 fully saturated rings. The van der Waals surface area contributed by atoms with Crippen LogP contribution < -0.4 is 21.5 Å². The summed E-state index contributed by atoms with van der Waals surface area (Å²) in [6.07, 6.45) is 0. The standard InChI is InChI=1S/C32H24Cl4N6O4/c1-17(19-3-9-23(10-4-19)37-29(43)25-13-7-21(33)15-27(25)35)39-41-31(45)32(46)42-40-18(2)20-5-11-24(12-6-20)38-30(44)26-14-8-22(34)16-28(26)36/h3-16H,1-2H3,(H,37,43)(H,38,44)(H,41,45)(H,42,46)/b39-17+,40-18+. The monoisotopic (exact) mass is 696 g/mol. The van der Waals surface area contributed by atoms with Crippen LogP contribution in [0.3, 0.4) is 0 Å². The van der Waals surface area contributed by atoms with Crippen LogP contribution in [0.4, 0.5) is 11.4 Å². The largest absolute Gasteiger partial charge is 0.331 e. The predicted octanol–water partition coefficient (Wildman–Crippen LogP) is 7.19. The lowest BCUT2D eigenvalue weighted by molar-refractivity contribution is -0.139. The summed E-state index contributed by atoms with van der Waals surface area (Å²) in [4.78, 5) is 49.6. The number of halogens is 4. The van der Waals surface area contributed by atoms with Crippen LogP contribution in [0.5, 0.6) is 0 Å². The van der Waals surface area contributed by atoms with Gasteiger partial charge in [-0.1, -0.05) is 70.7 Å². The molecule has 0 aliphatic heterocycles. The van der Waals surface area contributed by atoms with Crippen molar-refractivity contribution in [3.05, 3.63) is 127 Å². The van der Waals surface area contributed by atoms with Gasteiger partial charge in [-0.3, -0.25) is 19.2 Å². The van der Waals surface area contributed by atoms with Gasteiger partial charge in [-0.05, 0) is 85.6 Å². The van der Waals surface area contributed by atoms with E-state index in [9.17, 15) is 19.2 Å². The highest BCUT2D eigenvalue weighted by atomic mass is 35.5. The van der Waals surface area contributed by atoms with E-state index in [1.165, 1.54) is 24.3 Å². The molecule has 4 N–H and O–H groups in total. The second-order valence-corrected chi connectivity index (χ2v) is 11.3. The molecule has 0 bridgehead atoms. The smallest absolute Gasteiger partial charge is 0.322 e. The summed E-state index contributed by atoms with van der Waals surface area (Å²) in [5, 5.41) is 14.7. The maximum Gasteiger partial charge on any atom is 0.331 e. The zero-order valence-electron chi connectivity index (χ0n) is 24.1. The van der Waals surface area contributed by atoms with Gasteiger partial charge in [-0.25, -0.2) is 10.9 Å². The number of hydrogen-bond donors (Lipinski definition) is 4. The fourth-order valence-corrected chi connectivity index (χ4v) is 4.82. The molecule has 14 heteroatoms. The molecule has 234 valence electrons. The molecule has 4 amide bonds. The Hall–Kier alpha value is -4.74. The molecule has 0 radical (unpaired) electrons. The third-order valence-corrected chi connectivity index (χ3v) is 7.42. The molecule has 0 saturated heterocycles. The van der Waals surface area contributed by atoms with Gasteiger partial charge in [0.25, 0.3) is 11.8 Å². The van der Waals surface area contributed by atoms with E-state index in [1.807, 2.05) is 0 Å². The normalized spacial score (nSPS) is 11.4. The molecular formula is C32H24Cl4N6O4. The van der Waals surface area contributed by atoms with Gasteiger partial charge in [0.2, 0.25) is 0 Å². The van der Waals surface area contributed by atoms with Gasteiger partial charge in [0.1, 0.15) is 0 Å². The molecule has 0 saturated carbocycles. The number of carbonyl (C=O) groups excluding carboxylic acids is 4. The summed E-state index contributed by atoms with van der Waals surface area (Å²) in [6, 6.07) is 22.5. The Morgan fingerprint density at radius 2 is 0.870 bits per heavy atom. The first kappa shape index (κ1) is 34.1. The van der Waals surface area contributed by atoms with E-state index in [-0.39, 0.29) is 21.2 Å². The Morgan fingerprint density at radius 3 is 1.20 bits per heavy atom. The molecule has 0 unspecified atom stereocenters. The van der Waals surface area contributed by atoms with Gasteiger partial charge in [-0.2, -0.15) is 10.2 Å². The van der Waals surface area contributed by atoms with E-state index in [4.69, 9.17) is 46.4 Å². The number of amides is 4. The summed E-state index contributed by atoms with van der Waals surface area (Å²) < 4.78 is 0. The number of nitrogens with one attached hydrogen (secondary N) is 4. The lowest BCUT2D eigenvalue weighted by atomic mass is 10.1. The molecule has 0 spiro atoms. The van der Waals surface area contributed by atoms with Crippen molar-refractivity contribution in [2.24, 2.45) is 10.2 Å². The zero-order chi connectivity index (χ0) is 33.4. The van der Waals surface area contributed by atoms with Crippen molar-refractivity contribution < 1.29 is 19.2 Å². The number of nitrogens with zero attached hydrogens (tertiary/aromatic N) is 2. The van der Waals surface area contributed by atoms with Crippen molar-refractivity contribution in [3.8, 4) is 0 Å². The van der Waals surface area contributed by atoms with Gasteiger partial charge in [0, 0.05) is 21.4 Å². The van der Waals surface area contributed by atoms with Gasteiger partial charge in [0.15, 0.2) is 0 Å². The van der Waals surface area contributed by atoms with Crippen LogP contribution in [0.15, 0.2) is 95.1 Å². The molecule has 10 nitrogen and oxygen atoms in total. The van der Waals surface area contributed by atoms with E-state index in [0.717, 1.165) is 0 Å². The van der Waals surface area contributed by atoms with E-state index in [2.05, 4.69) is 31.7 Å². The Kier molecular flexibility index (Phi) is 11.5. The van der Waals surface area contributed by atoms with Crippen molar-refractivity contribution in [3.63, 3.8) is 0 Å². The summed E-state index contributed by atoms with van der Waals surface area (Å²) in [7, 11) is 0. The van der Waals surface area contributed by atoms with Gasteiger partial charge < -0.3 is 10.6 Å². The summed E-state index contributed by atoms with van der Waals surface area (Å²) in [5.74, 6) is -2.87. The first-order valence-electron chi connectivity index (χ1n) is 13.3. The molecule has 0 atom stereocenters. The quantitative estimate of drug-likeness (QED) is 0.0879. The first-order valence-corrected chi connectivity index (χ1v) is 14.8. The van der Waals surface area contributed by atoms with Crippen LogP contribution in [-0.4, -0.2) is 35.1 Å². The van der Waals surface area contributed by atoms with Crippen molar-refractivity contribution in [1.82, 2.24) is 10.9 Å². The fourth-order valence-electron chi connectivity index (χ4n) is 3.83. The number of hydrogen-bond acceptors (Lipinski definition) is 6. The predicted molar refractivity (Wildman–Crippen MR) is 182 cm³/mol. The molecule has 0 aromatic heterocycles. The second kappa shape index (κ2) is 15.5. The van der Waals surface area contributed by atoms with Gasteiger partial charge in [0.05, 0.1) is 32.6 Å². The highest BCUT2D eigenvalue weighted by molar-refractivity contribution is 6.38. The minimum absolute atomic E-state index is 0.226. The maximum atomic E-state index is 12.5. The Bertz CT molecular complexity index is 1740. The minimum Gasteiger partial charge on any atom is -0.322 e. The van der Waals surface area contributed by atoms with Crippen LogP contribution in [0.2, 0.25) is 20.1 Å². The van der Waals surface area contributed by atoms with Crippen molar-refractivity contribution in [1.29, 1.82) is 0 Å². The lowest BCUT2D eigenvalue weighted by Gasteiger charge is -2.09. The lowest BCUT2D eigenvalue weighted by Crippen LogP contribution is -2.36. The van der Waals surface area contributed by atoms with E-state index in [0.29, 0.717) is 44.0 Å². The highest BCUT2D eigenvalue weighted by Gasteiger charge is 2.15. The molecule has 0 aliphatic carbocycles. The number of carbonyl (C=O) groups is 4. The highest BCUT2D eigenvalue weighted by Crippen LogP contribution is 2.23. The Morgan fingerprint density at radius 1 is 0.522 bits per heavy atom. The topological polar surface area (TPSA) is 141 Å². The molecule has 0 heterocycles. The van der Waals surface area contributed by atoms with E-state index >= 15 is 0 Å². The van der Waals surface area contributed by atoms with Crippen LogP contribution in [-0.2, 0) is 9.59 Å². The van der Waals surface area contributed by atoms with Gasteiger partial charge >= 0.3 is 11.8 Å². The summed E-state index contributed by atoms with van der Waals surface area (Å²) >= 11 is 24.0. The number of anilines is 2. The SMILES string of the molecule is C/C(=N\NC(=O)C(=O)N/N=C(\C)c1ccc(NC(=O)c2ccc(Cl)cc2Cl)cc1)c1ccc(NC(=O)c2ccc(Cl)cc2Cl)cc1. The average molecular weight is 698 g/mol. The molecule has 0 aliphatic rings. The maximum absolute atomic E-state index is 12.5. The molecular weight excluding hydrogens is 674 g/mol. The minimum atomic E-state index is -1.03. The summed E-state index contributed by atoms with van der Waals surface area (Å²) in [6.45, 7) is 3.27. The molecule has 4 aromatic rings. The van der Waals surface area contributed by atoms with E-state index < -0.39 is 23.6 Å². The fraction of sp³-hybridized carbons (Fsp3) is 0.0625. The Balaban J connectivity index is 1.27. The Labute approximate surface area is 283 Å². The van der Waals surface area contributed by atoms with Crippen LogP contribution in [0.1, 0.15) is 45.7 Å². The van der Waals surface area contributed by atoms with Crippen molar-refractivity contribution >= 4 is 92.8 Å². The van der Waals surface area contributed by atoms with Crippen LogP contribution in [0.25, 0.3) is 0 Å². The second-order valence-electron chi connectivity index (χ2n) is 9.59. The molecule has 4 rings (SSSR count). The van der Waals surface area contributed by atoms with Crippen molar-refractivity contribution in [2.45, 2.75) is 13.8 Å². The van der Waals surface area contributed by atoms with Crippen LogP contribution >= 0.6 is 46.4 Å². The number of benzene rings is 4. The van der Waals surface area contributed by atoms with E-state index in [1.54, 1.807) is 74.5 Å². The number of rotatable bonds is 8. The summed E-state index contributed by atoms with van der Waals surface area (Å²) in [5.41, 5.74) is 8.01.